The van der Waals surface area contributed by atoms with E-state index in [-0.39, 0.29) is 17.8 Å². The number of thioether (sulfide) groups is 1. The van der Waals surface area contributed by atoms with Gasteiger partial charge >= 0.3 is 0 Å². The van der Waals surface area contributed by atoms with E-state index in [9.17, 15) is 4.79 Å². The van der Waals surface area contributed by atoms with E-state index in [1.165, 1.54) is 34.2 Å². The van der Waals surface area contributed by atoms with Gasteiger partial charge in [0.05, 0.1) is 11.4 Å². The Morgan fingerprint density at radius 2 is 1.94 bits per heavy atom. The zero-order valence-corrected chi connectivity index (χ0v) is 23.1. The number of rotatable bonds is 9. The Bertz CT molecular complexity index is 1320. The number of carbonyl (C=O) groups excluding carboxylic acids is 1. The van der Waals surface area contributed by atoms with Crippen LogP contribution in [0.1, 0.15) is 36.9 Å². The van der Waals surface area contributed by atoms with Crippen molar-refractivity contribution in [1.29, 1.82) is 0 Å². The lowest BCUT2D eigenvalue weighted by Crippen LogP contribution is -2.15. The number of aryl methyl sites for hydroxylation is 2. The van der Waals surface area contributed by atoms with Crippen molar-refractivity contribution in [3.05, 3.63) is 69.3 Å². The highest BCUT2D eigenvalue weighted by atomic mass is 79.9. The second-order valence-electron chi connectivity index (χ2n) is 7.97. The largest absolute Gasteiger partial charge is 0.483 e. The lowest BCUT2D eigenvalue weighted by Gasteiger charge is -2.15. The molecule has 2 heterocycles. The van der Waals surface area contributed by atoms with Crippen LogP contribution < -0.4 is 10.1 Å². The quantitative estimate of drug-likeness (QED) is 0.226. The van der Waals surface area contributed by atoms with Crippen molar-refractivity contribution in [1.82, 2.24) is 19.7 Å². The predicted octanol–water partition coefficient (Wildman–Crippen LogP) is 6.67. The molecule has 0 saturated heterocycles. The number of nitrogens with zero attached hydrogens (tertiary/aromatic N) is 4. The Labute approximate surface area is 221 Å². The number of hydrogen-bond donors (Lipinski definition) is 1. The molecule has 4 aromatic rings. The van der Waals surface area contributed by atoms with Gasteiger partial charge in [0.1, 0.15) is 5.75 Å². The predicted molar refractivity (Wildman–Crippen MR) is 145 cm³/mol. The average Bonchev–Trinajstić information content (AvgIpc) is 3.47. The monoisotopic (exact) mass is 571 g/mol. The highest BCUT2D eigenvalue weighted by Gasteiger charge is 2.20. The zero-order valence-electron chi connectivity index (χ0n) is 19.9. The van der Waals surface area contributed by atoms with Gasteiger partial charge in [0.25, 0.3) is 0 Å². The number of nitrogens with one attached hydrogen (secondary N) is 1. The summed E-state index contributed by atoms with van der Waals surface area (Å²) in [5.41, 5.74) is 4.36. The highest BCUT2D eigenvalue weighted by molar-refractivity contribution is 9.10. The lowest BCUT2D eigenvalue weighted by atomic mass is 10.1. The molecule has 0 aliphatic heterocycles. The van der Waals surface area contributed by atoms with Crippen molar-refractivity contribution >= 4 is 50.1 Å². The highest BCUT2D eigenvalue weighted by Crippen LogP contribution is 2.28. The smallest absolute Gasteiger partial charge is 0.236 e. The van der Waals surface area contributed by atoms with E-state index in [0.29, 0.717) is 16.8 Å². The van der Waals surface area contributed by atoms with Gasteiger partial charge in [-0.05, 0) is 69.2 Å². The molecule has 0 bridgehead atoms. The van der Waals surface area contributed by atoms with Crippen LogP contribution in [0.25, 0.3) is 11.3 Å². The van der Waals surface area contributed by atoms with E-state index >= 15 is 0 Å². The molecular formula is C25H26BrN5O2S2. The molecule has 4 rings (SSSR count). The number of thiazole rings is 1. The Morgan fingerprint density at radius 1 is 1.17 bits per heavy atom. The van der Waals surface area contributed by atoms with E-state index in [4.69, 9.17) is 4.74 Å². The number of ether oxygens (including phenoxy) is 1. The number of hydrogen-bond acceptors (Lipinski definition) is 7. The van der Waals surface area contributed by atoms with Crippen LogP contribution in [0.3, 0.4) is 0 Å². The number of amides is 1. The first kappa shape index (κ1) is 25.4. The first-order valence-corrected chi connectivity index (χ1v) is 13.8. The van der Waals surface area contributed by atoms with E-state index in [0.717, 1.165) is 27.3 Å². The maximum Gasteiger partial charge on any atom is 0.236 e. The molecule has 182 valence electrons. The van der Waals surface area contributed by atoms with Crippen molar-refractivity contribution in [2.24, 2.45) is 0 Å². The number of halogens is 1. The van der Waals surface area contributed by atoms with Gasteiger partial charge in [0, 0.05) is 22.0 Å². The van der Waals surface area contributed by atoms with Gasteiger partial charge in [0.15, 0.2) is 22.2 Å². The SMILES string of the molecule is CCn1c(SCC(=O)Nc2nc(-c3ccc(C)c(C)c3)cs2)nnc1C(C)Oc1ccc(Br)cc1. The molecule has 10 heteroatoms. The third kappa shape index (κ3) is 6.31. The number of benzene rings is 2. The molecule has 0 saturated carbocycles. The minimum Gasteiger partial charge on any atom is -0.483 e. The molecule has 1 amide bonds. The maximum atomic E-state index is 12.6. The van der Waals surface area contributed by atoms with Gasteiger partial charge in [-0.15, -0.1) is 21.5 Å². The van der Waals surface area contributed by atoms with Gasteiger partial charge in [-0.2, -0.15) is 0 Å². The topological polar surface area (TPSA) is 81.9 Å². The van der Waals surface area contributed by atoms with Crippen LogP contribution in [0.2, 0.25) is 0 Å². The van der Waals surface area contributed by atoms with E-state index < -0.39 is 0 Å². The molecule has 7 nitrogen and oxygen atoms in total. The average molecular weight is 573 g/mol. The Hall–Kier alpha value is -2.69. The molecule has 1 atom stereocenters. The van der Waals surface area contributed by atoms with Crippen LogP contribution in [0.4, 0.5) is 5.13 Å². The minimum absolute atomic E-state index is 0.137. The Balaban J connectivity index is 1.36. The summed E-state index contributed by atoms with van der Waals surface area (Å²) in [4.78, 5) is 17.2. The van der Waals surface area contributed by atoms with Crippen molar-refractivity contribution in [2.75, 3.05) is 11.1 Å². The third-order valence-corrected chi connectivity index (χ3v) is 7.69. The van der Waals surface area contributed by atoms with Crippen molar-refractivity contribution in [3.8, 4) is 17.0 Å². The number of aromatic nitrogens is 4. The summed E-state index contributed by atoms with van der Waals surface area (Å²) in [6, 6.07) is 13.9. The van der Waals surface area contributed by atoms with Crippen LogP contribution >= 0.6 is 39.0 Å². The minimum atomic E-state index is -0.286. The van der Waals surface area contributed by atoms with Crippen molar-refractivity contribution < 1.29 is 9.53 Å². The third-order valence-electron chi connectivity index (χ3n) is 5.44. The molecule has 0 radical (unpaired) electrons. The summed E-state index contributed by atoms with van der Waals surface area (Å²) in [5.74, 6) is 1.54. The maximum absolute atomic E-state index is 12.6. The standard InChI is InChI=1S/C25H26BrN5O2S2/c1-5-31-23(17(4)33-20-10-8-19(26)9-11-20)29-30-25(31)35-14-22(32)28-24-27-21(13-34-24)18-7-6-15(2)16(3)12-18/h6-13,17H,5,14H2,1-4H3,(H,27,28,32). The second-order valence-corrected chi connectivity index (χ2v) is 10.7. The molecule has 1 N–H and O–H groups in total. The van der Waals surface area contributed by atoms with Crippen molar-refractivity contribution in [3.63, 3.8) is 0 Å². The summed E-state index contributed by atoms with van der Waals surface area (Å²) < 4.78 is 8.99. The molecular weight excluding hydrogens is 546 g/mol. The lowest BCUT2D eigenvalue weighted by molar-refractivity contribution is -0.113. The van der Waals surface area contributed by atoms with Gasteiger partial charge in [0.2, 0.25) is 5.91 Å². The number of anilines is 1. The molecule has 0 fully saturated rings. The molecule has 1 unspecified atom stereocenters. The summed E-state index contributed by atoms with van der Waals surface area (Å²) in [5, 5.41) is 14.7. The molecule has 2 aromatic heterocycles. The summed E-state index contributed by atoms with van der Waals surface area (Å²) in [6.07, 6.45) is -0.286. The first-order chi connectivity index (χ1) is 16.8. The van der Waals surface area contributed by atoms with Crippen LogP contribution in [-0.2, 0) is 11.3 Å². The van der Waals surface area contributed by atoms with Gasteiger partial charge in [-0.25, -0.2) is 4.98 Å². The molecule has 0 aliphatic carbocycles. The van der Waals surface area contributed by atoms with E-state index in [1.54, 1.807) is 0 Å². The Kier molecular flexibility index (Phi) is 8.25. The first-order valence-electron chi connectivity index (χ1n) is 11.1. The zero-order chi connectivity index (χ0) is 24.9. The van der Waals surface area contributed by atoms with E-state index in [2.05, 4.69) is 68.5 Å². The fourth-order valence-corrected chi connectivity index (χ4v) is 5.23. The summed E-state index contributed by atoms with van der Waals surface area (Å²) >= 11 is 6.19. The fourth-order valence-electron chi connectivity index (χ4n) is 3.42. The molecule has 35 heavy (non-hydrogen) atoms. The van der Waals surface area contributed by atoms with E-state index in [1.807, 2.05) is 48.1 Å². The molecule has 0 aliphatic rings. The summed E-state index contributed by atoms with van der Waals surface area (Å²) in [6.45, 7) is 8.80. The van der Waals surface area contributed by atoms with Crippen molar-refractivity contribution in [2.45, 2.75) is 45.5 Å². The van der Waals surface area contributed by atoms with Gasteiger partial charge in [-0.3, -0.25) is 4.79 Å². The Morgan fingerprint density at radius 3 is 2.66 bits per heavy atom. The molecule has 0 spiro atoms. The van der Waals surface area contributed by atoms with Gasteiger partial charge in [-0.1, -0.05) is 39.8 Å². The van der Waals surface area contributed by atoms with Crippen LogP contribution in [0, 0.1) is 13.8 Å². The molecule has 2 aromatic carbocycles. The number of carbonyl (C=O) groups is 1. The fraction of sp³-hybridized carbons (Fsp3) is 0.280. The van der Waals surface area contributed by atoms with Crippen LogP contribution in [-0.4, -0.2) is 31.4 Å². The summed E-state index contributed by atoms with van der Waals surface area (Å²) in [7, 11) is 0. The van der Waals surface area contributed by atoms with Crippen LogP contribution in [0.5, 0.6) is 5.75 Å². The second kappa shape index (κ2) is 11.4. The van der Waals surface area contributed by atoms with Gasteiger partial charge < -0.3 is 14.6 Å². The van der Waals surface area contributed by atoms with Crippen LogP contribution in [0.15, 0.2) is 57.5 Å². The normalized spacial score (nSPS) is 11.9.